The van der Waals surface area contributed by atoms with Gasteiger partial charge in [0.2, 0.25) is 0 Å². The van der Waals surface area contributed by atoms with Gasteiger partial charge >= 0.3 is 0 Å². The summed E-state index contributed by atoms with van der Waals surface area (Å²) < 4.78 is 13.1. The Hall–Kier alpha value is -1.61. The van der Waals surface area contributed by atoms with Crippen molar-refractivity contribution in [3.05, 3.63) is 56.1 Å². The summed E-state index contributed by atoms with van der Waals surface area (Å²) in [6.45, 7) is 2.56. The molecular formula is C18H18BrIN2O3. The summed E-state index contributed by atoms with van der Waals surface area (Å²) in [4.78, 5) is 11.8. The summed E-state index contributed by atoms with van der Waals surface area (Å²) in [5.74, 6) is 1.03. The average Bonchev–Trinajstić information content (AvgIpc) is 2.60. The third kappa shape index (κ3) is 7.03. The first kappa shape index (κ1) is 19.7. The Kier molecular flexibility index (Phi) is 8.20. The first-order valence-electron chi connectivity index (χ1n) is 7.71. The van der Waals surface area contributed by atoms with E-state index in [1.165, 1.54) is 0 Å². The number of nitrogens with zero attached hydrogens (tertiary/aromatic N) is 1. The van der Waals surface area contributed by atoms with E-state index >= 15 is 0 Å². The van der Waals surface area contributed by atoms with Gasteiger partial charge in [0.25, 0.3) is 5.91 Å². The van der Waals surface area contributed by atoms with Crippen LogP contribution in [0, 0.1) is 3.57 Å². The molecule has 0 aliphatic carbocycles. The Morgan fingerprint density at radius 3 is 2.72 bits per heavy atom. The van der Waals surface area contributed by atoms with E-state index in [9.17, 15) is 4.79 Å². The van der Waals surface area contributed by atoms with E-state index in [1.807, 2.05) is 49.4 Å². The molecule has 0 aliphatic heterocycles. The Bertz CT molecular complexity index is 736. The summed E-state index contributed by atoms with van der Waals surface area (Å²) >= 11 is 5.62. The van der Waals surface area contributed by atoms with Crippen molar-refractivity contribution in [2.75, 3.05) is 13.2 Å². The van der Waals surface area contributed by atoms with Crippen molar-refractivity contribution < 1.29 is 14.3 Å². The van der Waals surface area contributed by atoms with E-state index in [0.29, 0.717) is 12.4 Å². The molecule has 0 saturated carbocycles. The second kappa shape index (κ2) is 10.4. The minimum atomic E-state index is -0.333. The van der Waals surface area contributed by atoms with Crippen LogP contribution >= 0.6 is 38.5 Å². The van der Waals surface area contributed by atoms with Crippen LogP contribution in [0.5, 0.6) is 11.5 Å². The van der Waals surface area contributed by atoms with Gasteiger partial charge in [0, 0.05) is 13.6 Å². The third-order valence-corrected chi connectivity index (χ3v) is 4.22. The minimum absolute atomic E-state index is 0.102. The lowest BCUT2D eigenvalue weighted by Crippen LogP contribution is -2.24. The monoisotopic (exact) mass is 516 g/mol. The maximum atomic E-state index is 11.8. The highest BCUT2D eigenvalue weighted by atomic mass is 127. The molecule has 0 atom stereocenters. The first-order valence-corrected chi connectivity index (χ1v) is 9.58. The third-order valence-electron chi connectivity index (χ3n) is 3.01. The molecule has 2 aromatic rings. The Morgan fingerprint density at radius 2 is 2.00 bits per heavy atom. The molecule has 0 radical (unpaired) electrons. The number of amides is 1. The van der Waals surface area contributed by atoms with Crippen LogP contribution < -0.4 is 14.9 Å². The van der Waals surface area contributed by atoms with E-state index in [2.05, 4.69) is 49.0 Å². The van der Waals surface area contributed by atoms with E-state index in [4.69, 9.17) is 9.47 Å². The van der Waals surface area contributed by atoms with Crippen molar-refractivity contribution in [3.63, 3.8) is 0 Å². The molecule has 0 heterocycles. The van der Waals surface area contributed by atoms with Crippen LogP contribution in [0.25, 0.3) is 0 Å². The van der Waals surface area contributed by atoms with Gasteiger partial charge in [-0.1, -0.05) is 22.9 Å². The predicted octanol–water partition coefficient (Wildman–Crippen LogP) is 4.37. The van der Waals surface area contributed by atoms with Crippen LogP contribution in [-0.2, 0) is 4.79 Å². The van der Waals surface area contributed by atoms with Crippen molar-refractivity contribution in [2.45, 2.75) is 13.3 Å². The molecule has 25 heavy (non-hydrogen) atoms. The number of hydrazone groups is 1. The lowest BCUT2D eigenvalue weighted by atomic mass is 10.2. The molecule has 0 aromatic heterocycles. The molecule has 0 aliphatic rings. The molecule has 0 unspecified atom stereocenters. The number of carbonyl (C=O) groups excluding carboxylic acids is 1. The number of benzene rings is 2. The van der Waals surface area contributed by atoms with Gasteiger partial charge in [-0.05, 0) is 71.5 Å². The Labute approximate surface area is 169 Å². The molecule has 2 aromatic carbocycles. The number of nitrogens with one attached hydrogen (secondary N) is 1. The summed E-state index contributed by atoms with van der Waals surface area (Å²) in [5.41, 5.74) is 3.23. The number of rotatable bonds is 8. The van der Waals surface area contributed by atoms with Crippen LogP contribution in [0.15, 0.2) is 52.0 Å². The lowest BCUT2D eigenvalue weighted by molar-refractivity contribution is -0.123. The zero-order valence-electron chi connectivity index (χ0n) is 13.7. The molecule has 1 N–H and O–H groups in total. The van der Waals surface area contributed by atoms with Crippen molar-refractivity contribution in [1.82, 2.24) is 5.43 Å². The van der Waals surface area contributed by atoms with E-state index < -0.39 is 0 Å². The number of ether oxygens (including phenoxy) is 2. The van der Waals surface area contributed by atoms with Gasteiger partial charge in [-0.3, -0.25) is 4.79 Å². The molecule has 1 amide bonds. The molecule has 0 spiro atoms. The van der Waals surface area contributed by atoms with E-state index in [-0.39, 0.29) is 12.5 Å². The molecular weight excluding hydrogens is 499 g/mol. The molecule has 0 saturated heterocycles. The molecule has 0 bridgehead atoms. The lowest BCUT2D eigenvalue weighted by Gasteiger charge is -2.08. The number of carbonyl (C=O) groups is 1. The van der Waals surface area contributed by atoms with Crippen LogP contribution in [-0.4, -0.2) is 25.3 Å². The van der Waals surface area contributed by atoms with Crippen LogP contribution in [0.4, 0.5) is 0 Å². The summed E-state index contributed by atoms with van der Waals surface area (Å²) in [6, 6.07) is 13.1. The Balaban J connectivity index is 1.88. The fourth-order valence-corrected chi connectivity index (χ4v) is 2.59. The van der Waals surface area contributed by atoms with Gasteiger partial charge < -0.3 is 9.47 Å². The van der Waals surface area contributed by atoms with Crippen LogP contribution in [0.3, 0.4) is 0 Å². The molecule has 2 rings (SSSR count). The highest BCUT2D eigenvalue weighted by molar-refractivity contribution is 14.1. The summed E-state index contributed by atoms with van der Waals surface area (Å²) in [5, 5.41) is 3.97. The minimum Gasteiger partial charge on any atom is -0.493 e. The van der Waals surface area contributed by atoms with E-state index in [0.717, 1.165) is 25.8 Å². The number of halogens is 2. The largest absolute Gasteiger partial charge is 0.493 e. The van der Waals surface area contributed by atoms with Crippen molar-refractivity contribution in [2.24, 2.45) is 5.10 Å². The van der Waals surface area contributed by atoms with Crippen LogP contribution in [0.1, 0.15) is 18.9 Å². The summed E-state index contributed by atoms with van der Waals surface area (Å²) in [7, 11) is 0. The summed E-state index contributed by atoms with van der Waals surface area (Å²) in [6.07, 6.45) is 2.47. The highest BCUT2D eigenvalue weighted by Crippen LogP contribution is 2.22. The highest BCUT2D eigenvalue weighted by Gasteiger charge is 2.04. The maximum absolute atomic E-state index is 11.8. The fourth-order valence-electron chi connectivity index (χ4n) is 1.85. The quantitative estimate of drug-likeness (QED) is 0.322. The predicted molar refractivity (Wildman–Crippen MR) is 110 cm³/mol. The first-order chi connectivity index (χ1) is 12.1. The number of hydrogen-bond acceptors (Lipinski definition) is 4. The molecule has 132 valence electrons. The van der Waals surface area contributed by atoms with Gasteiger partial charge in [-0.15, -0.1) is 0 Å². The smallest absolute Gasteiger partial charge is 0.277 e. The van der Waals surface area contributed by atoms with E-state index in [1.54, 1.807) is 6.21 Å². The average molecular weight is 517 g/mol. The van der Waals surface area contributed by atoms with Crippen molar-refractivity contribution in [1.29, 1.82) is 0 Å². The van der Waals surface area contributed by atoms with Crippen molar-refractivity contribution in [3.8, 4) is 11.5 Å². The normalized spacial score (nSPS) is 10.7. The van der Waals surface area contributed by atoms with Gasteiger partial charge in [-0.2, -0.15) is 5.10 Å². The number of hydrogen-bond donors (Lipinski definition) is 1. The second-order valence-electron chi connectivity index (χ2n) is 5.07. The Morgan fingerprint density at radius 1 is 1.24 bits per heavy atom. The SMILES string of the molecule is CCCOc1ccc(Br)cc1/C=N\NC(=O)COc1ccc(I)cc1. The van der Waals surface area contributed by atoms with Gasteiger partial charge in [-0.25, -0.2) is 5.43 Å². The zero-order valence-corrected chi connectivity index (χ0v) is 17.4. The van der Waals surface area contributed by atoms with Crippen LogP contribution in [0.2, 0.25) is 0 Å². The maximum Gasteiger partial charge on any atom is 0.277 e. The van der Waals surface area contributed by atoms with Gasteiger partial charge in [0.05, 0.1) is 12.8 Å². The topological polar surface area (TPSA) is 59.9 Å². The van der Waals surface area contributed by atoms with Gasteiger partial charge in [0.1, 0.15) is 11.5 Å². The molecule has 7 heteroatoms. The molecule has 0 fully saturated rings. The van der Waals surface area contributed by atoms with Crippen molar-refractivity contribution >= 4 is 50.6 Å². The van der Waals surface area contributed by atoms with Gasteiger partial charge in [0.15, 0.2) is 6.61 Å². The zero-order chi connectivity index (χ0) is 18.1. The second-order valence-corrected chi connectivity index (χ2v) is 7.23. The fraction of sp³-hybridized carbons (Fsp3) is 0.222. The standard InChI is InChI=1S/C18H18BrIN2O3/c1-2-9-24-17-8-3-14(19)10-13(17)11-21-22-18(23)12-25-16-6-4-15(20)5-7-16/h3-8,10-11H,2,9,12H2,1H3,(H,22,23)/b21-11-. The molecule has 5 nitrogen and oxygen atoms in total.